The van der Waals surface area contributed by atoms with Crippen molar-refractivity contribution in [3.63, 3.8) is 0 Å². The van der Waals surface area contributed by atoms with Gasteiger partial charge in [0.2, 0.25) is 5.91 Å². The maximum atomic E-state index is 13.4. The van der Waals surface area contributed by atoms with Gasteiger partial charge in [-0.3, -0.25) is 4.79 Å². The zero-order valence-electron chi connectivity index (χ0n) is 12.6. The summed E-state index contributed by atoms with van der Waals surface area (Å²) < 4.78 is 13.4. The van der Waals surface area contributed by atoms with Crippen LogP contribution in [0.1, 0.15) is 37.9 Å². The Morgan fingerprint density at radius 1 is 1.38 bits per heavy atom. The third-order valence-corrected chi connectivity index (χ3v) is 4.58. The number of carbonyl (C=O) groups is 1. The lowest BCUT2D eigenvalue weighted by Crippen LogP contribution is -2.39. The van der Waals surface area contributed by atoms with Gasteiger partial charge in [-0.1, -0.05) is 13.8 Å². The maximum absolute atomic E-state index is 13.4. The molecule has 4 heteroatoms. The molecule has 0 unspecified atom stereocenters. The van der Waals surface area contributed by atoms with Crippen LogP contribution in [0.5, 0.6) is 0 Å². The summed E-state index contributed by atoms with van der Waals surface area (Å²) >= 11 is 0. The summed E-state index contributed by atoms with van der Waals surface area (Å²) in [6, 6.07) is 4.83. The minimum absolute atomic E-state index is 0.119. The number of rotatable bonds is 3. The van der Waals surface area contributed by atoms with Gasteiger partial charge in [0, 0.05) is 29.1 Å². The summed E-state index contributed by atoms with van der Waals surface area (Å²) in [4.78, 5) is 17.8. The normalized spacial score (nSPS) is 14.8. The average molecular weight is 288 g/mol. The number of benzene rings is 1. The van der Waals surface area contributed by atoms with Crippen LogP contribution in [0.4, 0.5) is 4.39 Å². The van der Waals surface area contributed by atoms with E-state index >= 15 is 0 Å². The Morgan fingerprint density at radius 2 is 2.14 bits per heavy atom. The summed E-state index contributed by atoms with van der Waals surface area (Å²) in [6.07, 6.45) is 2.57. The fraction of sp³-hybridized carbons (Fsp3) is 0.471. The highest BCUT2D eigenvalue weighted by Crippen LogP contribution is 2.29. The Balaban J connectivity index is 1.89. The molecule has 2 heterocycles. The average Bonchev–Trinajstić information content (AvgIpc) is 2.85. The molecule has 0 bridgehead atoms. The number of aromatic nitrogens is 1. The number of hydrogen-bond donors (Lipinski definition) is 1. The molecule has 1 aromatic heterocycles. The van der Waals surface area contributed by atoms with Crippen molar-refractivity contribution in [2.24, 2.45) is 5.92 Å². The van der Waals surface area contributed by atoms with Crippen LogP contribution in [-0.4, -0.2) is 22.3 Å². The number of halogens is 1. The van der Waals surface area contributed by atoms with Crippen LogP contribution >= 0.6 is 0 Å². The molecule has 0 spiro atoms. The fourth-order valence-electron chi connectivity index (χ4n) is 3.30. The van der Waals surface area contributed by atoms with Gasteiger partial charge >= 0.3 is 0 Å². The van der Waals surface area contributed by atoms with Gasteiger partial charge in [-0.2, -0.15) is 0 Å². The molecule has 1 aromatic carbocycles. The lowest BCUT2D eigenvalue weighted by Gasteiger charge is -2.30. The number of carbonyl (C=O) groups excluding carboxylic acids is 1. The summed E-state index contributed by atoms with van der Waals surface area (Å²) in [7, 11) is 0. The molecule has 112 valence electrons. The second-order valence-electron chi connectivity index (χ2n) is 5.80. The Kier molecular flexibility index (Phi) is 3.70. The number of nitrogens with zero attached hydrogens (tertiary/aromatic N) is 1. The lowest BCUT2D eigenvalue weighted by molar-refractivity contribution is -0.136. The predicted octanol–water partition coefficient (Wildman–Crippen LogP) is 3.63. The minimum Gasteiger partial charge on any atom is -0.357 e. The van der Waals surface area contributed by atoms with Crippen molar-refractivity contribution in [2.75, 3.05) is 6.54 Å². The van der Waals surface area contributed by atoms with Crippen LogP contribution in [0, 0.1) is 11.7 Å². The Bertz CT molecular complexity index is 673. The van der Waals surface area contributed by atoms with Crippen molar-refractivity contribution in [3.8, 4) is 0 Å². The predicted molar refractivity (Wildman–Crippen MR) is 81.4 cm³/mol. The van der Waals surface area contributed by atoms with E-state index in [-0.39, 0.29) is 17.6 Å². The quantitative estimate of drug-likeness (QED) is 0.920. The van der Waals surface area contributed by atoms with Gasteiger partial charge in [-0.15, -0.1) is 0 Å². The third-order valence-electron chi connectivity index (χ3n) is 4.58. The summed E-state index contributed by atoms with van der Waals surface area (Å²) in [6.45, 7) is 5.47. The van der Waals surface area contributed by atoms with Crippen molar-refractivity contribution in [3.05, 3.63) is 35.3 Å². The Morgan fingerprint density at radius 3 is 2.86 bits per heavy atom. The zero-order valence-corrected chi connectivity index (χ0v) is 12.6. The molecule has 3 nitrogen and oxygen atoms in total. The molecule has 0 saturated heterocycles. The van der Waals surface area contributed by atoms with Gasteiger partial charge in [-0.05, 0) is 43.0 Å². The van der Waals surface area contributed by atoms with Gasteiger partial charge in [0.25, 0.3) is 0 Å². The highest BCUT2D eigenvalue weighted by molar-refractivity contribution is 5.86. The van der Waals surface area contributed by atoms with Gasteiger partial charge in [-0.25, -0.2) is 4.39 Å². The zero-order chi connectivity index (χ0) is 15.0. The van der Waals surface area contributed by atoms with Gasteiger partial charge < -0.3 is 9.88 Å². The van der Waals surface area contributed by atoms with Gasteiger partial charge in [0.1, 0.15) is 5.82 Å². The van der Waals surface area contributed by atoms with Gasteiger partial charge in [0.15, 0.2) is 0 Å². The molecule has 1 aliphatic heterocycles. The number of hydrogen-bond acceptors (Lipinski definition) is 1. The van der Waals surface area contributed by atoms with Crippen molar-refractivity contribution >= 4 is 16.8 Å². The summed E-state index contributed by atoms with van der Waals surface area (Å²) in [5.74, 6) is 0.156. The van der Waals surface area contributed by atoms with E-state index in [4.69, 9.17) is 0 Å². The third kappa shape index (κ3) is 2.43. The molecule has 0 atom stereocenters. The Labute approximate surface area is 124 Å². The molecule has 0 saturated carbocycles. The molecule has 2 aromatic rings. The maximum Gasteiger partial charge on any atom is 0.226 e. The molecule has 21 heavy (non-hydrogen) atoms. The number of fused-ring (bicyclic) bond motifs is 3. The summed E-state index contributed by atoms with van der Waals surface area (Å²) in [5.41, 5.74) is 3.18. The highest BCUT2D eigenvalue weighted by atomic mass is 19.1. The monoisotopic (exact) mass is 288 g/mol. The first-order chi connectivity index (χ1) is 10.1. The van der Waals surface area contributed by atoms with E-state index in [0.29, 0.717) is 6.54 Å². The van der Waals surface area contributed by atoms with E-state index in [2.05, 4.69) is 18.8 Å². The van der Waals surface area contributed by atoms with E-state index in [0.717, 1.165) is 48.0 Å². The first-order valence-electron chi connectivity index (χ1n) is 7.71. The van der Waals surface area contributed by atoms with Crippen LogP contribution < -0.4 is 0 Å². The minimum atomic E-state index is -0.208. The second kappa shape index (κ2) is 5.51. The van der Waals surface area contributed by atoms with E-state index in [9.17, 15) is 9.18 Å². The van der Waals surface area contributed by atoms with Crippen LogP contribution in [0.3, 0.4) is 0 Å². The van der Waals surface area contributed by atoms with Crippen molar-refractivity contribution in [1.82, 2.24) is 9.88 Å². The fourth-order valence-corrected chi connectivity index (χ4v) is 3.30. The molecule has 3 rings (SSSR count). The first kappa shape index (κ1) is 14.1. The van der Waals surface area contributed by atoms with E-state index < -0.39 is 0 Å². The molecule has 1 amide bonds. The number of aromatic amines is 1. The molecule has 0 aliphatic carbocycles. The van der Waals surface area contributed by atoms with Crippen LogP contribution in [0.2, 0.25) is 0 Å². The highest BCUT2D eigenvalue weighted by Gasteiger charge is 2.27. The van der Waals surface area contributed by atoms with Crippen LogP contribution in [-0.2, 0) is 17.8 Å². The van der Waals surface area contributed by atoms with Crippen LogP contribution in [0.15, 0.2) is 18.2 Å². The molecule has 0 fully saturated rings. The standard InChI is InChI=1S/C17H21FN2O/c1-3-11(4-2)17(21)20-8-7-13-14-9-12(18)5-6-15(14)19-16(13)10-20/h5-6,9,11,19H,3-4,7-8,10H2,1-2H3. The Hall–Kier alpha value is -1.84. The first-order valence-corrected chi connectivity index (χ1v) is 7.71. The van der Waals surface area contributed by atoms with Crippen LogP contribution in [0.25, 0.3) is 10.9 Å². The number of H-pyrrole nitrogens is 1. The van der Waals surface area contributed by atoms with Crippen molar-refractivity contribution in [1.29, 1.82) is 0 Å². The topological polar surface area (TPSA) is 36.1 Å². The van der Waals surface area contributed by atoms with Crippen molar-refractivity contribution in [2.45, 2.75) is 39.7 Å². The largest absolute Gasteiger partial charge is 0.357 e. The second-order valence-corrected chi connectivity index (χ2v) is 5.80. The van der Waals surface area contributed by atoms with E-state index in [1.54, 1.807) is 12.1 Å². The SMILES string of the molecule is CCC(CC)C(=O)N1CCc2c([nH]c3ccc(F)cc23)C1. The molecule has 0 radical (unpaired) electrons. The number of nitrogens with one attached hydrogen (secondary N) is 1. The van der Waals surface area contributed by atoms with E-state index in [1.165, 1.54) is 6.07 Å². The number of amides is 1. The summed E-state index contributed by atoms with van der Waals surface area (Å²) in [5, 5.41) is 0.958. The molecule has 1 N–H and O–H groups in total. The lowest BCUT2D eigenvalue weighted by atomic mass is 9.98. The van der Waals surface area contributed by atoms with Gasteiger partial charge in [0.05, 0.1) is 6.54 Å². The molecular weight excluding hydrogens is 267 g/mol. The van der Waals surface area contributed by atoms with Crippen molar-refractivity contribution < 1.29 is 9.18 Å². The molecule has 1 aliphatic rings. The van der Waals surface area contributed by atoms with E-state index in [1.807, 2.05) is 4.90 Å². The smallest absolute Gasteiger partial charge is 0.226 e. The molecular formula is C17H21FN2O.